The molecule has 0 aliphatic carbocycles. The van der Waals surface area contributed by atoms with E-state index in [1.54, 1.807) is 75.9 Å². The van der Waals surface area contributed by atoms with E-state index in [1.807, 2.05) is 0 Å². The van der Waals surface area contributed by atoms with Crippen LogP contribution in [0.5, 0.6) is 34.5 Å². The van der Waals surface area contributed by atoms with E-state index in [4.69, 9.17) is 28.4 Å². The second kappa shape index (κ2) is 17.3. The van der Waals surface area contributed by atoms with Crippen LogP contribution in [0.2, 0.25) is 0 Å². The van der Waals surface area contributed by atoms with E-state index in [-0.39, 0.29) is 41.8 Å². The highest BCUT2D eigenvalue weighted by molar-refractivity contribution is 6.23. The minimum absolute atomic E-state index is 0.0463. The number of carbonyl (C=O) groups excluding carboxylic acids is 4. The Kier molecular flexibility index (Phi) is 12.2. The lowest BCUT2D eigenvalue weighted by Gasteiger charge is -2.26. The summed E-state index contributed by atoms with van der Waals surface area (Å²) >= 11 is 0. The molecular weight excluding hydrogens is 710 g/mol. The normalized spacial score (nSPS) is 15.0. The van der Waals surface area contributed by atoms with E-state index in [9.17, 15) is 24.3 Å². The number of phenols is 1. The molecule has 0 atom stereocenters. The third-order valence-corrected chi connectivity index (χ3v) is 9.56. The molecule has 3 aliphatic heterocycles. The van der Waals surface area contributed by atoms with Gasteiger partial charge in [-0.2, -0.15) is 0 Å². The summed E-state index contributed by atoms with van der Waals surface area (Å²) < 4.78 is 32.4. The van der Waals surface area contributed by atoms with Gasteiger partial charge in [0.1, 0.15) is 34.5 Å². The van der Waals surface area contributed by atoms with Crippen molar-refractivity contribution in [3.63, 3.8) is 0 Å². The Labute approximate surface area is 318 Å². The summed E-state index contributed by atoms with van der Waals surface area (Å²) in [4.78, 5) is 55.7. The number of ether oxygens (including phenoxy) is 6. The fraction of sp³-hybridized carbons (Fsp3) is 0.317. The predicted molar refractivity (Wildman–Crippen MR) is 199 cm³/mol. The number of aromatic hydroxyl groups is 1. The monoisotopic (exact) mass is 753 g/mol. The van der Waals surface area contributed by atoms with Gasteiger partial charge in [0, 0.05) is 42.9 Å². The fourth-order valence-electron chi connectivity index (χ4n) is 6.63. The van der Waals surface area contributed by atoms with Gasteiger partial charge in [-0.1, -0.05) is 12.1 Å². The fourth-order valence-corrected chi connectivity index (χ4v) is 6.63. The molecule has 7 rings (SSSR count). The predicted octanol–water partition coefficient (Wildman–Crippen LogP) is 4.81. The van der Waals surface area contributed by atoms with E-state index in [2.05, 4.69) is 4.90 Å². The second-order valence-electron chi connectivity index (χ2n) is 12.8. The summed E-state index contributed by atoms with van der Waals surface area (Å²) in [6.07, 6.45) is 0.832. The van der Waals surface area contributed by atoms with Crippen LogP contribution in [-0.2, 0) is 17.8 Å². The van der Waals surface area contributed by atoms with E-state index >= 15 is 0 Å². The topological polar surface area (TPSA) is 154 Å². The van der Waals surface area contributed by atoms with Gasteiger partial charge in [-0.25, -0.2) is 0 Å². The summed E-state index contributed by atoms with van der Waals surface area (Å²) in [5, 5.41) is 9.83. The highest BCUT2D eigenvalue weighted by Crippen LogP contribution is 2.35. The lowest BCUT2D eigenvalue weighted by Crippen LogP contribution is -2.37. The van der Waals surface area contributed by atoms with Crippen molar-refractivity contribution in [3.8, 4) is 34.5 Å². The Morgan fingerprint density at radius 1 is 0.618 bits per heavy atom. The average molecular weight is 754 g/mol. The zero-order valence-electron chi connectivity index (χ0n) is 31.2. The third-order valence-electron chi connectivity index (χ3n) is 9.56. The van der Waals surface area contributed by atoms with Gasteiger partial charge >= 0.3 is 0 Å². The first-order valence-corrected chi connectivity index (χ1v) is 17.7. The molecule has 3 heterocycles. The third kappa shape index (κ3) is 8.20. The summed E-state index contributed by atoms with van der Waals surface area (Å²) in [7, 11) is 6.17. The number of benzene rings is 4. The zero-order valence-corrected chi connectivity index (χ0v) is 31.2. The largest absolute Gasteiger partial charge is 0.507 e. The molecule has 1 N–H and O–H groups in total. The van der Waals surface area contributed by atoms with E-state index in [1.165, 1.54) is 30.2 Å². The number of carbonyl (C=O) groups is 4. The Hall–Kier alpha value is -6.12. The molecule has 0 radical (unpaired) electrons. The van der Waals surface area contributed by atoms with Crippen LogP contribution in [0.1, 0.15) is 59.0 Å². The zero-order chi connectivity index (χ0) is 39.1. The van der Waals surface area contributed by atoms with Crippen molar-refractivity contribution in [1.82, 2.24) is 14.7 Å². The number of phenolic OH excluding ortho intramolecular Hbond substituents is 1. The van der Waals surface area contributed by atoms with Crippen LogP contribution in [0.25, 0.3) is 0 Å². The summed E-state index contributed by atoms with van der Waals surface area (Å²) in [5.74, 6) is 0.960. The van der Waals surface area contributed by atoms with Crippen LogP contribution in [0.15, 0.2) is 72.8 Å². The molecule has 4 amide bonds. The number of hydrogen-bond donors (Lipinski definition) is 1. The van der Waals surface area contributed by atoms with Gasteiger partial charge < -0.3 is 33.5 Å². The van der Waals surface area contributed by atoms with Crippen LogP contribution in [0, 0.1) is 0 Å². The molecule has 4 aromatic rings. The molecular formula is C41H43N3O11. The molecule has 0 unspecified atom stereocenters. The second-order valence-corrected chi connectivity index (χ2v) is 12.8. The van der Waals surface area contributed by atoms with Crippen LogP contribution in [0.3, 0.4) is 0 Å². The first-order valence-electron chi connectivity index (χ1n) is 17.7. The Morgan fingerprint density at radius 3 is 1.67 bits per heavy atom. The smallest absolute Gasteiger partial charge is 0.265 e. The summed E-state index contributed by atoms with van der Waals surface area (Å²) in [6.45, 7) is 4.93. The van der Waals surface area contributed by atoms with Crippen molar-refractivity contribution < 1.29 is 52.7 Å². The summed E-state index contributed by atoms with van der Waals surface area (Å²) in [6, 6.07) is 20.1. The van der Waals surface area contributed by atoms with Gasteiger partial charge in [-0.3, -0.25) is 33.9 Å². The molecule has 55 heavy (non-hydrogen) atoms. The molecule has 14 nitrogen and oxygen atoms in total. The van der Waals surface area contributed by atoms with Crippen LogP contribution >= 0.6 is 0 Å². The molecule has 0 aromatic heterocycles. The number of amides is 4. The van der Waals surface area contributed by atoms with E-state index < -0.39 is 11.8 Å². The first-order chi connectivity index (χ1) is 26.7. The number of rotatable bonds is 13. The standard InChI is InChI=1S/C24H28N2O6.C17H15NO5/c1-29-18-8-7-17(21(15-18)30-2)16-26-23(27)19-5-3-6-20(22(19)24(26)28)32-12-4-9-25-10-13-31-14-11-25;1-22-11-7-6-10(14(8-11)23-2)9-18-16(20)12-4-3-5-13(19)15(12)17(18)21/h3,5-8,15H,4,9-14,16H2,1-2H3;3-8,19H,9H2,1-2H3. The highest BCUT2D eigenvalue weighted by atomic mass is 16.5. The average Bonchev–Trinajstić information content (AvgIpc) is 3.61. The van der Waals surface area contributed by atoms with E-state index in [0.717, 1.165) is 49.7 Å². The van der Waals surface area contributed by atoms with Gasteiger partial charge in [0.15, 0.2) is 0 Å². The number of nitrogens with zero attached hydrogens (tertiary/aromatic N) is 3. The molecule has 288 valence electrons. The Bertz CT molecular complexity index is 2080. The highest BCUT2D eigenvalue weighted by Gasteiger charge is 2.39. The van der Waals surface area contributed by atoms with Crippen molar-refractivity contribution >= 4 is 23.6 Å². The molecule has 4 aromatic carbocycles. The quantitative estimate of drug-likeness (QED) is 0.147. The van der Waals surface area contributed by atoms with Gasteiger partial charge in [-0.15, -0.1) is 0 Å². The van der Waals surface area contributed by atoms with Crippen molar-refractivity contribution in [2.24, 2.45) is 0 Å². The van der Waals surface area contributed by atoms with Gasteiger partial charge in [-0.05, 0) is 55.0 Å². The number of hydrogen-bond acceptors (Lipinski definition) is 12. The molecule has 1 saturated heterocycles. The molecule has 14 heteroatoms. The van der Waals surface area contributed by atoms with Gasteiger partial charge in [0.2, 0.25) is 0 Å². The molecule has 1 fully saturated rings. The number of imide groups is 2. The van der Waals surface area contributed by atoms with E-state index in [0.29, 0.717) is 52.0 Å². The lowest BCUT2D eigenvalue weighted by atomic mass is 10.1. The number of fused-ring (bicyclic) bond motifs is 2. The van der Waals surface area contributed by atoms with Gasteiger partial charge in [0.25, 0.3) is 23.6 Å². The van der Waals surface area contributed by atoms with Crippen molar-refractivity contribution in [3.05, 3.63) is 106 Å². The molecule has 3 aliphatic rings. The molecule has 0 spiro atoms. The van der Waals surface area contributed by atoms with Crippen LogP contribution in [0.4, 0.5) is 0 Å². The van der Waals surface area contributed by atoms with Crippen molar-refractivity contribution in [1.29, 1.82) is 0 Å². The van der Waals surface area contributed by atoms with Crippen molar-refractivity contribution in [2.75, 3.05) is 67.9 Å². The van der Waals surface area contributed by atoms with Crippen LogP contribution in [-0.4, -0.2) is 111 Å². The first kappa shape index (κ1) is 38.6. The maximum atomic E-state index is 13.2. The van der Waals surface area contributed by atoms with Gasteiger partial charge in [0.05, 0.1) is 83.6 Å². The maximum absolute atomic E-state index is 13.2. The Morgan fingerprint density at radius 2 is 1.15 bits per heavy atom. The minimum Gasteiger partial charge on any atom is -0.507 e. The van der Waals surface area contributed by atoms with Crippen LogP contribution < -0.4 is 23.7 Å². The number of morpholine rings is 1. The SMILES string of the molecule is COc1ccc(CN2C(=O)c3cccc(O)c3C2=O)c(OC)c1.COc1ccc(CN2C(=O)c3cccc(OCCCN4CCOCC4)c3C2=O)c(OC)c1. The maximum Gasteiger partial charge on any atom is 0.265 e. The minimum atomic E-state index is -0.513. The molecule has 0 bridgehead atoms. The Balaban J connectivity index is 0.000000197. The molecule has 0 saturated carbocycles. The number of methoxy groups -OCH3 is 4. The summed E-state index contributed by atoms with van der Waals surface area (Å²) in [5.41, 5.74) is 2.34. The van der Waals surface area contributed by atoms with Crippen molar-refractivity contribution in [2.45, 2.75) is 19.5 Å². The lowest BCUT2D eigenvalue weighted by molar-refractivity contribution is 0.0357.